The third-order valence-electron chi connectivity index (χ3n) is 3.32. The molecular weight excluding hydrogens is 260 g/mol. The number of rotatable bonds is 4. The van der Waals surface area contributed by atoms with Gasteiger partial charge in [-0.25, -0.2) is 4.79 Å². The summed E-state index contributed by atoms with van der Waals surface area (Å²) in [4.78, 5) is 24.6. The molecule has 1 aromatic rings. The molecule has 1 aliphatic heterocycles. The molecule has 0 aromatic heterocycles. The van der Waals surface area contributed by atoms with Crippen molar-refractivity contribution < 1.29 is 19.4 Å². The number of nitrogen functional groups attached to an aromatic ring is 1. The second-order valence-corrected chi connectivity index (χ2v) is 4.79. The zero-order valence-electron chi connectivity index (χ0n) is 11.2. The van der Waals surface area contributed by atoms with Crippen LogP contribution in [0, 0.1) is 0 Å². The molecule has 6 heteroatoms. The molecule has 3 N–H and O–H groups in total. The summed E-state index contributed by atoms with van der Waals surface area (Å²) >= 11 is 0. The first-order valence-electron chi connectivity index (χ1n) is 6.61. The maximum Gasteiger partial charge on any atom is 0.335 e. The smallest absolute Gasteiger partial charge is 0.335 e. The molecule has 6 nitrogen and oxygen atoms in total. The highest BCUT2D eigenvalue weighted by Crippen LogP contribution is 2.23. The van der Waals surface area contributed by atoms with Gasteiger partial charge in [0.2, 0.25) is 0 Å². The Morgan fingerprint density at radius 3 is 2.60 bits per heavy atom. The van der Waals surface area contributed by atoms with Gasteiger partial charge in [0.05, 0.1) is 11.3 Å². The van der Waals surface area contributed by atoms with Crippen LogP contribution in [0.5, 0.6) is 5.75 Å². The van der Waals surface area contributed by atoms with Crippen molar-refractivity contribution in [3.05, 3.63) is 23.8 Å². The van der Waals surface area contributed by atoms with Crippen LogP contribution in [0.25, 0.3) is 0 Å². The molecule has 1 heterocycles. The molecule has 0 bridgehead atoms. The number of ether oxygens (including phenoxy) is 1. The predicted octanol–water partition coefficient (Wildman–Crippen LogP) is 1.36. The van der Waals surface area contributed by atoms with Crippen LogP contribution in [-0.4, -0.2) is 41.6 Å². The molecule has 0 aliphatic carbocycles. The Hall–Kier alpha value is -2.24. The van der Waals surface area contributed by atoms with Crippen molar-refractivity contribution in [2.24, 2.45) is 0 Å². The number of benzene rings is 1. The number of hydrogen-bond acceptors (Lipinski definition) is 4. The van der Waals surface area contributed by atoms with Gasteiger partial charge in [0, 0.05) is 13.1 Å². The van der Waals surface area contributed by atoms with E-state index in [2.05, 4.69) is 0 Å². The Kier molecular flexibility index (Phi) is 4.45. The van der Waals surface area contributed by atoms with E-state index < -0.39 is 5.97 Å². The van der Waals surface area contributed by atoms with Gasteiger partial charge in [0.1, 0.15) is 5.75 Å². The largest absolute Gasteiger partial charge is 0.482 e. The Morgan fingerprint density at radius 1 is 1.25 bits per heavy atom. The molecule has 0 atom stereocenters. The Morgan fingerprint density at radius 2 is 1.95 bits per heavy atom. The normalized spacial score (nSPS) is 14.9. The van der Waals surface area contributed by atoms with Crippen LogP contribution in [0.15, 0.2) is 18.2 Å². The zero-order valence-corrected chi connectivity index (χ0v) is 11.2. The summed E-state index contributed by atoms with van der Waals surface area (Å²) in [7, 11) is 0. The average molecular weight is 278 g/mol. The first-order valence-corrected chi connectivity index (χ1v) is 6.61. The molecule has 0 unspecified atom stereocenters. The number of nitrogens with two attached hydrogens (primary N) is 1. The topological polar surface area (TPSA) is 92.9 Å². The molecule has 1 aromatic carbocycles. The molecule has 1 amide bonds. The Balaban J connectivity index is 1.97. The van der Waals surface area contributed by atoms with Gasteiger partial charge in [-0.2, -0.15) is 0 Å². The molecular formula is C14H18N2O4. The van der Waals surface area contributed by atoms with Crippen molar-refractivity contribution in [3.8, 4) is 5.75 Å². The van der Waals surface area contributed by atoms with Crippen molar-refractivity contribution >= 4 is 17.6 Å². The number of nitrogens with zero attached hydrogens (tertiary/aromatic N) is 1. The van der Waals surface area contributed by atoms with Crippen LogP contribution in [-0.2, 0) is 4.79 Å². The minimum Gasteiger partial charge on any atom is -0.482 e. The fourth-order valence-electron chi connectivity index (χ4n) is 2.17. The maximum atomic E-state index is 11.9. The molecule has 1 aliphatic rings. The lowest BCUT2D eigenvalue weighted by Gasteiger charge is -2.26. The third kappa shape index (κ3) is 3.40. The van der Waals surface area contributed by atoms with Gasteiger partial charge >= 0.3 is 5.97 Å². The summed E-state index contributed by atoms with van der Waals surface area (Å²) in [6.45, 7) is 1.40. The van der Waals surface area contributed by atoms with E-state index in [1.54, 1.807) is 4.90 Å². The van der Waals surface area contributed by atoms with Crippen LogP contribution in [0.2, 0.25) is 0 Å². The van der Waals surface area contributed by atoms with E-state index in [9.17, 15) is 9.59 Å². The molecule has 0 spiro atoms. The van der Waals surface area contributed by atoms with E-state index in [1.165, 1.54) is 18.2 Å². The van der Waals surface area contributed by atoms with Gasteiger partial charge < -0.3 is 20.5 Å². The number of carboxylic acid groups (broad SMARTS) is 1. The number of likely N-dealkylation sites (tertiary alicyclic amines) is 1. The summed E-state index contributed by atoms with van der Waals surface area (Å²) < 4.78 is 5.36. The van der Waals surface area contributed by atoms with E-state index in [1.807, 2.05) is 0 Å². The monoisotopic (exact) mass is 278 g/mol. The summed E-state index contributed by atoms with van der Waals surface area (Å²) in [6, 6.07) is 4.20. The summed E-state index contributed by atoms with van der Waals surface area (Å²) in [6.07, 6.45) is 3.18. The van der Waals surface area contributed by atoms with Gasteiger partial charge in [-0.3, -0.25) is 4.79 Å². The first-order chi connectivity index (χ1) is 9.58. The van der Waals surface area contributed by atoms with E-state index in [0.29, 0.717) is 5.69 Å². The lowest BCUT2D eigenvalue weighted by Crippen LogP contribution is -2.38. The highest BCUT2D eigenvalue weighted by molar-refractivity contribution is 5.89. The number of piperidine rings is 1. The second-order valence-electron chi connectivity index (χ2n) is 4.79. The van der Waals surface area contributed by atoms with Crippen molar-refractivity contribution in [2.75, 3.05) is 25.4 Å². The molecule has 20 heavy (non-hydrogen) atoms. The number of carbonyl (C=O) groups is 2. The summed E-state index contributed by atoms with van der Waals surface area (Å²) in [5.41, 5.74) is 6.12. The van der Waals surface area contributed by atoms with Crippen LogP contribution in [0.4, 0.5) is 5.69 Å². The van der Waals surface area contributed by atoms with E-state index >= 15 is 0 Å². The fourth-order valence-corrected chi connectivity index (χ4v) is 2.17. The van der Waals surface area contributed by atoms with E-state index in [-0.39, 0.29) is 23.8 Å². The van der Waals surface area contributed by atoms with Crippen molar-refractivity contribution in [2.45, 2.75) is 19.3 Å². The lowest BCUT2D eigenvalue weighted by atomic mass is 10.1. The molecule has 1 fully saturated rings. The zero-order chi connectivity index (χ0) is 14.5. The van der Waals surface area contributed by atoms with Crippen molar-refractivity contribution in [1.82, 2.24) is 4.90 Å². The second kappa shape index (κ2) is 6.27. The van der Waals surface area contributed by atoms with Crippen molar-refractivity contribution in [3.63, 3.8) is 0 Å². The van der Waals surface area contributed by atoms with Gasteiger partial charge in [-0.05, 0) is 37.5 Å². The first kappa shape index (κ1) is 14.2. The number of amides is 1. The summed E-state index contributed by atoms with van der Waals surface area (Å²) in [5.74, 6) is -0.919. The third-order valence-corrected chi connectivity index (χ3v) is 3.32. The fraction of sp³-hybridized carbons (Fsp3) is 0.429. The van der Waals surface area contributed by atoms with Crippen LogP contribution in [0.1, 0.15) is 29.6 Å². The highest BCUT2D eigenvalue weighted by atomic mass is 16.5. The maximum absolute atomic E-state index is 11.9. The van der Waals surface area contributed by atoms with E-state index in [0.717, 1.165) is 32.4 Å². The van der Waals surface area contributed by atoms with Gasteiger partial charge in [0.15, 0.2) is 6.61 Å². The number of aromatic carboxylic acids is 1. The quantitative estimate of drug-likeness (QED) is 0.811. The highest BCUT2D eigenvalue weighted by Gasteiger charge is 2.17. The van der Waals surface area contributed by atoms with Gasteiger partial charge in [0.25, 0.3) is 5.91 Å². The Labute approximate surface area is 117 Å². The van der Waals surface area contributed by atoms with Crippen LogP contribution < -0.4 is 10.5 Å². The van der Waals surface area contributed by atoms with Crippen LogP contribution >= 0.6 is 0 Å². The molecule has 0 saturated carbocycles. The Bertz CT molecular complexity index is 510. The standard InChI is InChI=1S/C14H18N2O4/c15-11-5-4-10(14(18)19)8-12(11)20-9-13(17)16-6-2-1-3-7-16/h4-5,8H,1-3,6-7,9,15H2,(H,18,19). The predicted molar refractivity (Wildman–Crippen MR) is 73.7 cm³/mol. The van der Waals surface area contributed by atoms with Gasteiger partial charge in [-0.15, -0.1) is 0 Å². The molecule has 1 saturated heterocycles. The number of carboxylic acids is 1. The molecule has 2 rings (SSSR count). The number of hydrogen-bond donors (Lipinski definition) is 2. The minimum absolute atomic E-state index is 0.0830. The number of anilines is 1. The average Bonchev–Trinajstić information content (AvgIpc) is 2.46. The van der Waals surface area contributed by atoms with E-state index in [4.69, 9.17) is 15.6 Å². The SMILES string of the molecule is Nc1ccc(C(=O)O)cc1OCC(=O)N1CCCCC1. The van der Waals surface area contributed by atoms with Gasteiger partial charge in [-0.1, -0.05) is 0 Å². The minimum atomic E-state index is -1.06. The lowest BCUT2D eigenvalue weighted by molar-refractivity contribution is -0.134. The van der Waals surface area contributed by atoms with Crippen LogP contribution in [0.3, 0.4) is 0 Å². The summed E-state index contributed by atoms with van der Waals surface area (Å²) in [5, 5.41) is 8.91. The van der Waals surface area contributed by atoms with Crippen molar-refractivity contribution in [1.29, 1.82) is 0 Å². The molecule has 0 radical (unpaired) electrons. The molecule has 108 valence electrons. The number of carbonyl (C=O) groups excluding carboxylic acids is 1.